The molecular weight excluding hydrogens is 246 g/mol. The summed E-state index contributed by atoms with van der Waals surface area (Å²) in [5.74, 6) is 0. The second-order valence-electron chi connectivity index (χ2n) is 3.28. The lowest BCUT2D eigenvalue weighted by Gasteiger charge is -2.11. The maximum atomic E-state index is 10.9. The summed E-state index contributed by atoms with van der Waals surface area (Å²) in [5, 5.41) is 2.64. The van der Waals surface area contributed by atoms with E-state index in [1.807, 2.05) is 25.1 Å². The van der Waals surface area contributed by atoms with Crippen molar-refractivity contribution in [1.82, 2.24) is 5.32 Å². The first-order valence-corrected chi connectivity index (χ1v) is 5.16. The van der Waals surface area contributed by atoms with Crippen LogP contribution in [0.1, 0.15) is 17.2 Å². The van der Waals surface area contributed by atoms with Crippen LogP contribution in [0, 0.1) is 6.92 Å². The second kappa shape index (κ2) is 3.61. The van der Waals surface area contributed by atoms with E-state index in [4.69, 9.17) is 4.74 Å². The van der Waals surface area contributed by atoms with Crippen LogP contribution in [0.5, 0.6) is 0 Å². The zero-order valence-corrected chi connectivity index (χ0v) is 9.30. The lowest BCUT2D eigenvalue weighted by Crippen LogP contribution is -2.12. The second-order valence-corrected chi connectivity index (χ2v) is 4.19. The molecule has 1 atom stereocenters. The minimum atomic E-state index is -0.339. The Balaban J connectivity index is 2.31. The zero-order valence-electron chi connectivity index (χ0n) is 7.71. The van der Waals surface area contributed by atoms with Crippen molar-refractivity contribution in [2.45, 2.75) is 13.0 Å². The summed E-state index contributed by atoms with van der Waals surface area (Å²) in [7, 11) is 0. The molecule has 0 bridgehead atoms. The SMILES string of the molecule is Cc1ccc(Br)cc1C1CNC(=O)O1. The van der Waals surface area contributed by atoms with Gasteiger partial charge in [0.05, 0.1) is 6.54 Å². The van der Waals surface area contributed by atoms with Crippen molar-refractivity contribution >= 4 is 22.0 Å². The van der Waals surface area contributed by atoms with E-state index in [2.05, 4.69) is 21.2 Å². The van der Waals surface area contributed by atoms with Crippen LogP contribution in [0.4, 0.5) is 4.79 Å². The molecule has 4 heteroatoms. The zero-order chi connectivity index (χ0) is 10.1. The first-order chi connectivity index (χ1) is 6.66. The summed E-state index contributed by atoms with van der Waals surface area (Å²) >= 11 is 3.40. The fraction of sp³-hybridized carbons (Fsp3) is 0.300. The van der Waals surface area contributed by atoms with Crippen LogP contribution >= 0.6 is 15.9 Å². The third-order valence-electron chi connectivity index (χ3n) is 2.27. The van der Waals surface area contributed by atoms with Gasteiger partial charge in [-0.05, 0) is 30.2 Å². The number of hydrogen-bond acceptors (Lipinski definition) is 2. The van der Waals surface area contributed by atoms with Gasteiger partial charge in [-0.15, -0.1) is 0 Å². The molecule has 1 N–H and O–H groups in total. The quantitative estimate of drug-likeness (QED) is 0.838. The highest BCUT2D eigenvalue weighted by Crippen LogP contribution is 2.26. The van der Waals surface area contributed by atoms with Gasteiger partial charge < -0.3 is 10.1 Å². The molecule has 2 rings (SSSR count). The molecule has 74 valence electrons. The number of cyclic esters (lactones) is 1. The van der Waals surface area contributed by atoms with E-state index in [1.165, 1.54) is 0 Å². The number of aryl methyl sites for hydroxylation is 1. The van der Waals surface area contributed by atoms with Gasteiger partial charge >= 0.3 is 6.09 Å². The van der Waals surface area contributed by atoms with E-state index < -0.39 is 0 Å². The standard InChI is InChI=1S/C10H10BrNO2/c1-6-2-3-7(11)4-8(6)9-5-12-10(13)14-9/h2-4,9H,5H2,1H3,(H,12,13). The number of alkyl carbamates (subject to hydrolysis) is 1. The maximum absolute atomic E-state index is 10.9. The molecule has 1 aromatic rings. The fourth-order valence-corrected chi connectivity index (χ4v) is 1.90. The van der Waals surface area contributed by atoms with E-state index >= 15 is 0 Å². The van der Waals surface area contributed by atoms with Gasteiger partial charge in [-0.1, -0.05) is 22.0 Å². The highest BCUT2D eigenvalue weighted by Gasteiger charge is 2.25. The normalized spacial score (nSPS) is 20.4. The molecule has 1 amide bonds. The van der Waals surface area contributed by atoms with Crippen LogP contribution in [0.15, 0.2) is 22.7 Å². The molecule has 1 aliphatic rings. The first-order valence-electron chi connectivity index (χ1n) is 4.37. The lowest BCUT2D eigenvalue weighted by molar-refractivity contribution is 0.141. The number of carbonyl (C=O) groups excluding carboxylic acids is 1. The topological polar surface area (TPSA) is 38.3 Å². The molecule has 1 heterocycles. The van der Waals surface area contributed by atoms with E-state index in [1.54, 1.807) is 0 Å². The Morgan fingerprint density at radius 2 is 2.36 bits per heavy atom. The highest BCUT2D eigenvalue weighted by atomic mass is 79.9. The van der Waals surface area contributed by atoms with Crippen LogP contribution in [0.3, 0.4) is 0 Å². The van der Waals surface area contributed by atoms with Crippen molar-refractivity contribution in [3.8, 4) is 0 Å². The molecular formula is C10H10BrNO2. The highest BCUT2D eigenvalue weighted by molar-refractivity contribution is 9.10. The van der Waals surface area contributed by atoms with Gasteiger partial charge in [-0.25, -0.2) is 4.79 Å². The molecule has 1 aromatic carbocycles. The molecule has 0 saturated carbocycles. The van der Waals surface area contributed by atoms with E-state index in [0.29, 0.717) is 6.54 Å². The molecule has 14 heavy (non-hydrogen) atoms. The average molecular weight is 256 g/mol. The predicted octanol–water partition coefficient (Wildman–Crippen LogP) is 2.54. The number of halogens is 1. The monoisotopic (exact) mass is 255 g/mol. The minimum absolute atomic E-state index is 0.153. The predicted molar refractivity (Wildman–Crippen MR) is 56.1 cm³/mol. The number of nitrogens with one attached hydrogen (secondary N) is 1. The Kier molecular flexibility index (Phi) is 2.46. The van der Waals surface area contributed by atoms with Gasteiger partial charge in [0.1, 0.15) is 6.10 Å². The van der Waals surface area contributed by atoms with Crippen LogP contribution in [0.2, 0.25) is 0 Å². The van der Waals surface area contributed by atoms with Crippen LogP contribution < -0.4 is 5.32 Å². The number of carbonyl (C=O) groups is 1. The van der Waals surface area contributed by atoms with Gasteiger partial charge in [-0.3, -0.25) is 0 Å². The number of rotatable bonds is 1. The van der Waals surface area contributed by atoms with Crippen molar-refractivity contribution in [1.29, 1.82) is 0 Å². The minimum Gasteiger partial charge on any atom is -0.439 e. The van der Waals surface area contributed by atoms with Gasteiger partial charge in [0.15, 0.2) is 0 Å². The Morgan fingerprint density at radius 1 is 1.57 bits per heavy atom. The molecule has 1 unspecified atom stereocenters. The van der Waals surface area contributed by atoms with Crippen molar-refractivity contribution in [3.63, 3.8) is 0 Å². The summed E-state index contributed by atoms with van der Waals surface area (Å²) in [6.45, 7) is 2.56. The molecule has 0 aromatic heterocycles. The molecule has 1 fully saturated rings. The van der Waals surface area contributed by atoms with Crippen molar-refractivity contribution in [2.24, 2.45) is 0 Å². The van der Waals surface area contributed by atoms with E-state index in [-0.39, 0.29) is 12.2 Å². The molecule has 0 spiro atoms. The number of benzene rings is 1. The molecule has 3 nitrogen and oxygen atoms in total. The first kappa shape index (κ1) is 9.52. The third-order valence-corrected chi connectivity index (χ3v) is 2.76. The van der Waals surface area contributed by atoms with Gasteiger partial charge in [-0.2, -0.15) is 0 Å². The largest absolute Gasteiger partial charge is 0.439 e. The van der Waals surface area contributed by atoms with Crippen molar-refractivity contribution in [2.75, 3.05) is 6.54 Å². The maximum Gasteiger partial charge on any atom is 0.407 e. The van der Waals surface area contributed by atoms with Crippen molar-refractivity contribution < 1.29 is 9.53 Å². The van der Waals surface area contributed by atoms with Gasteiger partial charge in [0, 0.05) is 4.47 Å². The van der Waals surface area contributed by atoms with Crippen LogP contribution in [0.25, 0.3) is 0 Å². The summed E-state index contributed by atoms with van der Waals surface area (Å²) in [4.78, 5) is 10.9. The number of amides is 1. The number of ether oxygens (including phenoxy) is 1. The molecule has 0 aliphatic carbocycles. The van der Waals surface area contributed by atoms with Crippen LogP contribution in [-0.4, -0.2) is 12.6 Å². The smallest absolute Gasteiger partial charge is 0.407 e. The van der Waals surface area contributed by atoms with E-state index in [0.717, 1.165) is 15.6 Å². The molecule has 0 radical (unpaired) electrons. The Hall–Kier alpha value is -1.03. The Labute approximate surface area is 90.6 Å². The average Bonchev–Trinajstić information content (AvgIpc) is 2.56. The number of hydrogen-bond donors (Lipinski definition) is 1. The molecule has 1 saturated heterocycles. The van der Waals surface area contributed by atoms with E-state index in [9.17, 15) is 4.79 Å². The summed E-state index contributed by atoms with van der Waals surface area (Å²) in [5.41, 5.74) is 2.19. The van der Waals surface area contributed by atoms with Crippen LogP contribution in [-0.2, 0) is 4.74 Å². The van der Waals surface area contributed by atoms with Gasteiger partial charge in [0.25, 0.3) is 0 Å². The fourth-order valence-electron chi connectivity index (χ4n) is 1.52. The third kappa shape index (κ3) is 1.75. The summed E-state index contributed by atoms with van der Waals surface area (Å²) in [6.07, 6.45) is -0.491. The summed E-state index contributed by atoms with van der Waals surface area (Å²) < 4.78 is 6.11. The Morgan fingerprint density at radius 3 is 3.00 bits per heavy atom. The Bertz CT molecular complexity index is 378. The van der Waals surface area contributed by atoms with Gasteiger partial charge in [0.2, 0.25) is 0 Å². The summed E-state index contributed by atoms with van der Waals surface area (Å²) in [6, 6.07) is 5.97. The van der Waals surface area contributed by atoms with Crippen molar-refractivity contribution in [3.05, 3.63) is 33.8 Å². The lowest BCUT2D eigenvalue weighted by atomic mass is 10.0. The molecule has 1 aliphatic heterocycles.